The Morgan fingerprint density at radius 3 is 2.84 bits per heavy atom. The first-order valence-corrected chi connectivity index (χ1v) is 8.71. The lowest BCUT2D eigenvalue weighted by atomic mass is 9.87. The SMILES string of the molecule is Cl.Oc1ccccc1-c1cc(C2CCCNC2)c2c(n1)NC(=S)NC2. The van der Waals surface area contributed by atoms with Crippen molar-refractivity contribution in [3.05, 3.63) is 41.5 Å². The number of piperidine rings is 1. The second-order valence-corrected chi connectivity index (χ2v) is 6.70. The van der Waals surface area contributed by atoms with E-state index < -0.39 is 0 Å². The van der Waals surface area contributed by atoms with Crippen LogP contribution in [-0.4, -0.2) is 28.3 Å². The Morgan fingerprint density at radius 2 is 2.08 bits per heavy atom. The van der Waals surface area contributed by atoms with Gasteiger partial charge in [0.25, 0.3) is 0 Å². The van der Waals surface area contributed by atoms with Gasteiger partial charge in [-0.2, -0.15) is 0 Å². The summed E-state index contributed by atoms with van der Waals surface area (Å²) < 4.78 is 0. The third-order valence-electron chi connectivity index (χ3n) is 4.73. The van der Waals surface area contributed by atoms with Gasteiger partial charge in [0, 0.05) is 24.2 Å². The number of para-hydroxylation sites is 1. The van der Waals surface area contributed by atoms with Gasteiger partial charge in [0.05, 0.1) is 5.69 Å². The van der Waals surface area contributed by atoms with Gasteiger partial charge >= 0.3 is 0 Å². The zero-order chi connectivity index (χ0) is 16.5. The van der Waals surface area contributed by atoms with Crippen LogP contribution in [0.4, 0.5) is 5.82 Å². The van der Waals surface area contributed by atoms with E-state index in [9.17, 15) is 5.11 Å². The summed E-state index contributed by atoms with van der Waals surface area (Å²) in [7, 11) is 0. The fraction of sp³-hybridized carbons (Fsp3) is 0.333. The third-order valence-corrected chi connectivity index (χ3v) is 4.98. The van der Waals surface area contributed by atoms with Crippen molar-refractivity contribution in [1.29, 1.82) is 0 Å². The minimum absolute atomic E-state index is 0. The summed E-state index contributed by atoms with van der Waals surface area (Å²) in [6, 6.07) is 9.45. The van der Waals surface area contributed by atoms with E-state index in [0.29, 0.717) is 17.6 Å². The van der Waals surface area contributed by atoms with Crippen molar-refractivity contribution >= 4 is 35.6 Å². The van der Waals surface area contributed by atoms with Crippen LogP contribution in [0.2, 0.25) is 0 Å². The monoisotopic (exact) mass is 376 g/mol. The van der Waals surface area contributed by atoms with Gasteiger partial charge in [-0.15, -0.1) is 12.4 Å². The van der Waals surface area contributed by atoms with E-state index in [1.807, 2.05) is 18.2 Å². The molecule has 132 valence electrons. The van der Waals surface area contributed by atoms with Crippen LogP contribution in [0, 0.1) is 0 Å². The third kappa shape index (κ3) is 3.56. The molecule has 1 aromatic heterocycles. The molecule has 0 bridgehead atoms. The van der Waals surface area contributed by atoms with E-state index >= 15 is 0 Å². The average molecular weight is 377 g/mol. The summed E-state index contributed by atoms with van der Waals surface area (Å²) in [5.74, 6) is 1.50. The number of halogens is 1. The maximum absolute atomic E-state index is 10.2. The van der Waals surface area contributed by atoms with Crippen LogP contribution >= 0.6 is 24.6 Å². The molecule has 7 heteroatoms. The molecular weight excluding hydrogens is 356 g/mol. The molecule has 0 radical (unpaired) electrons. The molecule has 0 aliphatic carbocycles. The first-order valence-electron chi connectivity index (χ1n) is 8.30. The highest BCUT2D eigenvalue weighted by molar-refractivity contribution is 7.80. The highest BCUT2D eigenvalue weighted by Crippen LogP contribution is 2.36. The van der Waals surface area contributed by atoms with E-state index in [2.05, 4.69) is 22.0 Å². The first-order chi connectivity index (χ1) is 11.7. The van der Waals surface area contributed by atoms with E-state index in [-0.39, 0.29) is 18.2 Å². The lowest BCUT2D eigenvalue weighted by Crippen LogP contribution is -2.36. The molecule has 2 aliphatic heterocycles. The standard InChI is InChI=1S/C18H20N4OS.ClH/c23-16-6-2-1-5-12(16)15-8-13(11-4-3-7-19-9-11)14-10-20-18(24)22-17(14)21-15;/h1-2,5-6,8,11,19,23H,3-4,7,9-10H2,(H2,20,21,22,24);1H. The topological polar surface area (TPSA) is 69.2 Å². The molecule has 1 atom stereocenters. The highest BCUT2D eigenvalue weighted by atomic mass is 35.5. The van der Waals surface area contributed by atoms with Crippen molar-refractivity contribution in [3.8, 4) is 17.0 Å². The van der Waals surface area contributed by atoms with E-state index in [1.54, 1.807) is 6.07 Å². The Kier molecular flexibility index (Phi) is 5.42. The van der Waals surface area contributed by atoms with Crippen LogP contribution in [0.25, 0.3) is 11.3 Å². The molecule has 0 amide bonds. The van der Waals surface area contributed by atoms with Gasteiger partial charge in [-0.05, 0) is 61.3 Å². The minimum atomic E-state index is 0. The highest BCUT2D eigenvalue weighted by Gasteiger charge is 2.25. The Hall–Kier alpha value is -1.89. The Bertz CT molecular complexity index is 793. The average Bonchev–Trinajstić information content (AvgIpc) is 2.61. The van der Waals surface area contributed by atoms with Crippen LogP contribution in [-0.2, 0) is 6.54 Å². The molecule has 5 nitrogen and oxygen atoms in total. The van der Waals surface area contributed by atoms with Gasteiger partial charge in [-0.25, -0.2) is 4.98 Å². The molecule has 0 spiro atoms. The number of phenolic OH excluding ortho intramolecular Hbond substituents is 1. The predicted octanol–water partition coefficient (Wildman–Crippen LogP) is 3.14. The second-order valence-electron chi connectivity index (χ2n) is 6.29. The van der Waals surface area contributed by atoms with Gasteiger partial charge < -0.3 is 21.1 Å². The number of benzene rings is 1. The van der Waals surface area contributed by atoms with Gasteiger partial charge in [0.15, 0.2) is 5.11 Å². The van der Waals surface area contributed by atoms with Gasteiger partial charge in [0.2, 0.25) is 0 Å². The van der Waals surface area contributed by atoms with Crippen LogP contribution < -0.4 is 16.0 Å². The zero-order valence-corrected chi connectivity index (χ0v) is 15.3. The minimum Gasteiger partial charge on any atom is -0.507 e. The molecule has 1 aromatic carbocycles. The number of fused-ring (bicyclic) bond motifs is 1. The van der Waals surface area contributed by atoms with Crippen LogP contribution in [0.3, 0.4) is 0 Å². The fourth-order valence-corrected chi connectivity index (χ4v) is 3.68. The summed E-state index contributed by atoms with van der Waals surface area (Å²) in [6.07, 6.45) is 2.33. The molecule has 1 unspecified atom stereocenters. The number of nitrogens with one attached hydrogen (secondary N) is 3. The van der Waals surface area contributed by atoms with Crippen LogP contribution in [0.1, 0.15) is 29.9 Å². The van der Waals surface area contributed by atoms with Crippen molar-refractivity contribution in [2.75, 3.05) is 18.4 Å². The number of aromatic nitrogens is 1. The van der Waals surface area contributed by atoms with Gasteiger partial charge in [-0.1, -0.05) is 12.1 Å². The van der Waals surface area contributed by atoms with Crippen molar-refractivity contribution in [2.45, 2.75) is 25.3 Å². The summed E-state index contributed by atoms with van der Waals surface area (Å²) in [5, 5.41) is 20.7. The number of phenols is 1. The predicted molar refractivity (Wildman–Crippen MR) is 106 cm³/mol. The number of hydrogen-bond donors (Lipinski definition) is 4. The maximum Gasteiger partial charge on any atom is 0.172 e. The van der Waals surface area contributed by atoms with Crippen molar-refractivity contribution < 1.29 is 5.11 Å². The molecule has 0 saturated carbocycles. The van der Waals surface area contributed by atoms with Gasteiger partial charge in [-0.3, -0.25) is 0 Å². The fourth-order valence-electron chi connectivity index (χ4n) is 3.51. The van der Waals surface area contributed by atoms with Gasteiger partial charge in [0.1, 0.15) is 11.6 Å². The molecular formula is C18H21ClN4OS. The summed E-state index contributed by atoms with van der Waals surface area (Å²) in [5.41, 5.74) is 3.99. The number of anilines is 1. The Morgan fingerprint density at radius 1 is 1.24 bits per heavy atom. The number of pyridine rings is 1. The lowest BCUT2D eigenvalue weighted by Gasteiger charge is -2.29. The Balaban J connectivity index is 0.00000182. The maximum atomic E-state index is 10.2. The van der Waals surface area contributed by atoms with Crippen LogP contribution in [0.15, 0.2) is 30.3 Å². The molecule has 1 fully saturated rings. The number of nitrogens with zero attached hydrogens (tertiary/aromatic N) is 1. The summed E-state index contributed by atoms with van der Waals surface area (Å²) in [4.78, 5) is 4.73. The largest absolute Gasteiger partial charge is 0.507 e. The number of aromatic hydroxyl groups is 1. The van der Waals surface area contributed by atoms with Crippen LogP contribution in [0.5, 0.6) is 5.75 Å². The van der Waals surface area contributed by atoms with Crippen molar-refractivity contribution in [2.24, 2.45) is 0 Å². The number of hydrogen-bond acceptors (Lipinski definition) is 4. The van der Waals surface area contributed by atoms with Crippen molar-refractivity contribution in [1.82, 2.24) is 15.6 Å². The summed E-state index contributed by atoms with van der Waals surface area (Å²) >= 11 is 5.24. The molecule has 2 aromatic rings. The summed E-state index contributed by atoms with van der Waals surface area (Å²) in [6.45, 7) is 2.75. The quantitative estimate of drug-likeness (QED) is 0.604. The molecule has 4 rings (SSSR count). The molecule has 25 heavy (non-hydrogen) atoms. The molecule has 3 heterocycles. The molecule has 1 saturated heterocycles. The number of rotatable bonds is 2. The van der Waals surface area contributed by atoms with E-state index in [1.165, 1.54) is 17.5 Å². The smallest absolute Gasteiger partial charge is 0.172 e. The Labute approximate surface area is 158 Å². The molecule has 2 aliphatic rings. The first kappa shape index (κ1) is 17.9. The second kappa shape index (κ2) is 7.56. The van der Waals surface area contributed by atoms with E-state index in [0.717, 1.165) is 36.6 Å². The van der Waals surface area contributed by atoms with E-state index in [4.69, 9.17) is 17.2 Å². The molecule has 4 N–H and O–H groups in total. The number of thiocarbonyl (C=S) groups is 1. The normalized spacial score (nSPS) is 19.2. The zero-order valence-electron chi connectivity index (χ0n) is 13.7. The lowest BCUT2D eigenvalue weighted by molar-refractivity contribution is 0.459. The van der Waals surface area contributed by atoms with Crippen molar-refractivity contribution in [3.63, 3.8) is 0 Å².